The number of carbonyl (C=O) groups excluding carboxylic acids is 1. The molecule has 0 aliphatic carbocycles. The van der Waals surface area contributed by atoms with Gasteiger partial charge in [0.1, 0.15) is 5.75 Å². The lowest BCUT2D eigenvalue weighted by atomic mass is 10.1. The fraction of sp³-hybridized carbons (Fsp3) is 0.227. The molecule has 0 aliphatic rings. The molecule has 28 heavy (non-hydrogen) atoms. The zero-order valence-corrected chi connectivity index (χ0v) is 16.0. The molecule has 0 unspecified atom stereocenters. The van der Waals surface area contributed by atoms with Crippen molar-refractivity contribution >= 4 is 33.7 Å². The summed E-state index contributed by atoms with van der Waals surface area (Å²) in [6.07, 6.45) is 0.922. The monoisotopic (exact) mass is 374 g/mol. The number of anilines is 1. The van der Waals surface area contributed by atoms with Gasteiger partial charge in [0, 0.05) is 11.9 Å². The predicted octanol–water partition coefficient (Wildman–Crippen LogP) is 4.65. The van der Waals surface area contributed by atoms with Gasteiger partial charge in [0.15, 0.2) is 11.5 Å². The number of hydrogen-bond donors (Lipinski definition) is 1. The average molecular weight is 374 g/mol. The second kappa shape index (κ2) is 7.68. The fourth-order valence-corrected chi connectivity index (χ4v) is 3.27. The SMILES string of the molecule is CCCn1nc(NC(=O)c2ccccc2OCC)c2cc3ccccc3nc21. The largest absolute Gasteiger partial charge is 0.493 e. The van der Waals surface area contributed by atoms with Gasteiger partial charge in [0.2, 0.25) is 0 Å². The Labute approximate surface area is 163 Å². The molecule has 0 saturated heterocycles. The van der Waals surface area contributed by atoms with Crippen LogP contribution < -0.4 is 10.1 Å². The molecule has 2 aromatic heterocycles. The Hall–Kier alpha value is -3.41. The van der Waals surface area contributed by atoms with Gasteiger partial charge in [0.05, 0.1) is 23.1 Å². The van der Waals surface area contributed by atoms with Crippen molar-refractivity contribution in [1.82, 2.24) is 14.8 Å². The molecule has 6 heteroatoms. The molecule has 0 fully saturated rings. The molecule has 2 aromatic carbocycles. The van der Waals surface area contributed by atoms with Crippen LogP contribution in [-0.4, -0.2) is 27.3 Å². The average Bonchev–Trinajstić information content (AvgIpc) is 3.03. The summed E-state index contributed by atoms with van der Waals surface area (Å²) in [4.78, 5) is 17.7. The van der Waals surface area contributed by atoms with Crippen molar-refractivity contribution < 1.29 is 9.53 Å². The van der Waals surface area contributed by atoms with E-state index < -0.39 is 0 Å². The highest BCUT2D eigenvalue weighted by Gasteiger charge is 2.18. The molecule has 0 saturated carbocycles. The molecular weight excluding hydrogens is 352 g/mol. The van der Waals surface area contributed by atoms with E-state index in [-0.39, 0.29) is 5.91 Å². The van der Waals surface area contributed by atoms with Crippen LogP contribution >= 0.6 is 0 Å². The van der Waals surface area contributed by atoms with E-state index in [9.17, 15) is 4.79 Å². The van der Waals surface area contributed by atoms with Crippen LogP contribution in [0.4, 0.5) is 5.82 Å². The summed E-state index contributed by atoms with van der Waals surface area (Å²) in [5.74, 6) is 0.821. The Bertz CT molecular complexity index is 1150. The number of aromatic nitrogens is 3. The summed E-state index contributed by atoms with van der Waals surface area (Å²) < 4.78 is 7.44. The van der Waals surface area contributed by atoms with Gasteiger partial charge in [-0.05, 0) is 37.6 Å². The third-order valence-electron chi connectivity index (χ3n) is 4.52. The van der Waals surface area contributed by atoms with Crippen LogP contribution in [0, 0.1) is 0 Å². The van der Waals surface area contributed by atoms with E-state index in [1.165, 1.54) is 0 Å². The Morgan fingerprint density at radius 1 is 1.11 bits per heavy atom. The van der Waals surface area contributed by atoms with Gasteiger partial charge in [-0.1, -0.05) is 37.3 Å². The van der Waals surface area contributed by atoms with Crippen LogP contribution in [0.25, 0.3) is 21.9 Å². The maximum Gasteiger partial charge on any atom is 0.260 e. The summed E-state index contributed by atoms with van der Waals surface area (Å²) in [5, 5.41) is 9.42. The maximum absolute atomic E-state index is 12.9. The standard InChI is InChI=1S/C22H22N4O2/c1-3-13-26-21-17(14-15-9-5-7-11-18(15)23-21)20(25-26)24-22(27)16-10-6-8-12-19(16)28-4-2/h5-12,14H,3-4,13H2,1-2H3,(H,24,25,27). The highest BCUT2D eigenvalue weighted by molar-refractivity contribution is 6.10. The van der Waals surface area contributed by atoms with Crippen molar-refractivity contribution in [3.8, 4) is 5.75 Å². The summed E-state index contributed by atoms with van der Waals surface area (Å²) in [6.45, 7) is 5.21. The Morgan fingerprint density at radius 2 is 1.89 bits per heavy atom. The van der Waals surface area contributed by atoms with Crippen LogP contribution in [0.3, 0.4) is 0 Å². The van der Waals surface area contributed by atoms with E-state index in [1.807, 2.05) is 54.1 Å². The molecule has 0 spiro atoms. The van der Waals surface area contributed by atoms with E-state index >= 15 is 0 Å². The predicted molar refractivity (Wildman–Crippen MR) is 111 cm³/mol. The number of nitrogens with zero attached hydrogens (tertiary/aromatic N) is 3. The van der Waals surface area contributed by atoms with E-state index in [4.69, 9.17) is 9.72 Å². The number of pyridine rings is 1. The van der Waals surface area contributed by atoms with Crippen molar-refractivity contribution in [3.63, 3.8) is 0 Å². The third kappa shape index (κ3) is 3.29. The van der Waals surface area contributed by atoms with Crippen molar-refractivity contribution in [3.05, 3.63) is 60.2 Å². The number of nitrogens with one attached hydrogen (secondary N) is 1. The van der Waals surface area contributed by atoms with E-state index in [0.29, 0.717) is 23.7 Å². The lowest BCUT2D eigenvalue weighted by molar-refractivity contribution is 0.102. The molecule has 0 radical (unpaired) electrons. The summed E-state index contributed by atoms with van der Waals surface area (Å²) in [7, 11) is 0. The Morgan fingerprint density at radius 3 is 2.71 bits per heavy atom. The third-order valence-corrected chi connectivity index (χ3v) is 4.52. The topological polar surface area (TPSA) is 69.0 Å². The normalized spacial score (nSPS) is 11.1. The molecule has 142 valence electrons. The number of fused-ring (bicyclic) bond motifs is 2. The van der Waals surface area contributed by atoms with Crippen LogP contribution in [0.2, 0.25) is 0 Å². The van der Waals surface area contributed by atoms with Crippen LogP contribution in [0.1, 0.15) is 30.6 Å². The highest BCUT2D eigenvalue weighted by Crippen LogP contribution is 2.27. The van der Waals surface area contributed by atoms with Gasteiger partial charge in [0.25, 0.3) is 5.91 Å². The first-order chi connectivity index (χ1) is 13.7. The van der Waals surface area contributed by atoms with Gasteiger partial charge in [-0.2, -0.15) is 5.10 Å². The summed E-state index contributed by atoms with van der Waals surface area (Å²) >= 11 is 0. The summed E-state index contributed by atoms with van der Waals surface area (Å²) in [5.41, 5.74) is 2.16. The minimum Gasteiger partial charge on any atom is -0.493 e. The van der Waals surface area contributed by atoms with Crippen LogP contribution in [-0.2, 0) is 6.54 Å². The van der Waals surface area contributed by atoms with Crippen molar-refractivity contribution in [2.75, 3.05) is 11.9 Å². The van der Waals surface area contributed by atoms with Gasteiger partial charge in [-0.25, -0.2) is 9.67 Å². The Balaban J connectivity index is 1.78. The van der Waals surface area contributed by atoms with Crippen molar-refractivity contribution in [2.24, 2.45) is 0 Å². The zero-order chi connectivity index (χ0) is 19.5. The van der Waals surface area contributed by atoms with Gasteiger partial charge in [-0.15, -0.1) is 0 Å². The lowest BCUT2D eigenvalue weighted by Crippen LogP contribution is -2.14. The number of amides is 1. The zero-order valence-electron chi connectivity index (χ0n) is 16.0. The molecular formula is C22H22N4O2. The van der Waals surface area contributed by atoms with Gasteiger partial charge < -0.3 is 10.1 Å². The first-order valence-corrected chi connectivity index (χ1v) is 9.50. The minimum atomic E-state index is -0.250. The molecule has 4 rings (SSSR count). The van der Waals surface area contributed by atoms with E-state index in [1.54, 1.807) is 12.1 Å². The Kier molecular flexibility index (Phi) is 4.93. The number of ether oxygens (including phenoxy) is 1. The number of para-hydroxylation sites is 2. The minimum absolute atomic E-state index is 0.250. The molecule has 0 bridgehead atoms. The van der Waals surface area contributed by atoms with Gasteiger partial charge in [-0.3, -0.25) is 4.79 Å². The lowest BCUT2D eigenvalue weighted by Gasteiger charge is -2.09. The number of hydrogen-bond acceptors (Lipinski definition) is 4. The summed E-state index contributed by atoms with van der Waals surface area (Å²) in [6, 6.07) is 17.2. The van der Waals surface area contributed by atoms with Gasteiger partial charge >= 0.3 is 0 Å². The second-order valence-electron chi connectivity index (χ2n) is 6.51. The smallest absolute Gasteiger partial charge is 0.260 e. The second-order valence-corrected chi connectivity index (χ2v) is 6.51. The van der Waals surface area contributed by atoms with Crippen molar-refractivity contribution in [2.45, 2.75) is 26.8 Å². The number of rotatable bonds is 6. The van der Waals surface area contributed by atoms with E-state index in [0.717, 1.165) is 34.9 Å². The molecule has 1 amide bonds. The quantitative estimate of drug-likeness (QED) is 0.533. The first kappa shape index (κ1) is 18.0. The number of carbonyl (C=O) groups is 1. The van der Waals surface area contributed by atoms with E-state index in [2.05, 4.69) is 17.3 Å². The molecule has 6 nitrogen and oxygen atoms in total. The number of aryl methyl sites for hydroxylation is 1. The first-order valence-electron chi connectivity index (χ1n) is 9.50. The van der Waals surface area contributed by atoms with Crippen LogP contribution in [0.15, 0.2) is 54.6 Å². The molecule has 4 aromatic rings. The van der Waals surface area contributed by atoms with Crippen LogP contribution in [0.5, 0.6) is 5.75 Å². The maximum atomic E-state index is 12.9. The highest BCUT2D eigenvalue weighted by atomic mass is 16.5. The molecule has 0 aliphatic heterocycles. The fourth-order valence-electron chi connectivity index (χ4n) is 3.27. The van der Waals surface area contributed by atoms with Crippen molar-refractivity contribution in [1.29, 1.82) is 0 Å². The molecule has 0 atom stereocenters. The molecule has 1 N–H and O–H groups in total. The molecule has 2 heterocycles. The number of benzene rings is 2.